The molecule has 6 heteroatoms. The number of amides is 2. The van der Waals surface area contributed by atoms with Crippen molar-refractivity contribution in [1.29, 1.82) is 0 Å². The zero-order chi connectivity index (χ0) is 16.4. The number of benzodiazepines with no additional fused rings is 1. The lowest BCUT2D eigenvalue weighted by molar-refractivity contribution is -0.120. The molecule has 0 spiro atoms. The van der Waals surface area contributed by atoms with Gasteiger partial charge in [0.15, 0.2) is 0 Å². The van der Waals surface area contributed by atoms with Crippen molar-refractivity contribution in [2.75, 3.05) is 11.9 Å². The van der Waals surface area contributed by atoms with E-state index in [9.17, 15) is 9.59 Å². The summed E-state index contributed by atoms with van der Waals surface area (Å²) in [5.41, 5.74) is 2.87. The van der Waals surface area contributed by atoms with Gasteiger partial charge in [-0.15, -0.1) is 0 Å². The van der Waals surface area contributed by atoms with E-state index in [4.69, 9.17) is 5.11 Å². The van der Waals surface area contributed by atoms with Gasteiger partial charge < -0.3 is 10.0 Å². The highest BCUT2D eigenvalue weighted by molar-refractivity contribution is 6.20. The van der Waals surface area contributed by atoms with Gasteiger partial charge in [-0.1, -0.05) is 48.5 Å². The number of likely N-dealkylation sites (N-methyl/N-ethyl adjacent to an activating group) is 1. The molecule has 1 aliphatic rings. The van der Waals surface area contributed by atoms with Crippen LogP contribution in [0.15, 0.2) is 59.6 Å². The number of carbonyl (C=O) groups is 2. The molecular weight excluding hydrogens is 294 g/mol. The third kappa shape index (κ3) is 2.78. The lowest BCUT2D eigenvalue weighted by atomic mass is 10.0. The molecule has 0 radical (unpaired) electrons. The minimum absolute atomic E-state index is 0.425. The predicted octanol–water partition coefficient (Wildman–Crippen LogP) is 2.09. The van der Waals surface area contributed by atoms with Crippen LogP contribution < -0.4 is 10.2 Å². The maximum Gasteiger partial charge on any atom is 0.406 e. The summed E-state index contributed by atoms with van der Waals surface area (Å²) < 4.78 is 0. The second-order valence-electron chi connectivity index (χ2n) is 5.11. The number of rotatable bonds is 2. The maximum atomic E-state index is 12.5. The summed E-state index contributed by atoms with van der Waals surface area (Å²) in [4.78, 5) is 29.3. The Bertz CT molecular complexity index is 787. The molecule has 1 aliphatic heterocycles. The minimum atomic E-state index is -1.29. The average molecular weight is 309 g/mol. The molecule has 2 aromatic rings. The molecule has 2 N–H and O–H groups in total. The molecule has 0 bridgehead atoms. The second-order valence-corrected chi connectivity index (χ2v) is 5.11. The van der Waals surface area contributed by atoms with E-state index in [1.54, 1.807) is 7.05 Å². The van der Waals surface area contributed by atoms with Gasteiger partial charge in [-0.05, 0) is 6.07 Å². The van der Waals surface area contributed by atoms with Crippen LogP contribution in [0.5, 0.6) is 0 Å². The molecule has 116 valence electrons. The van der Waals surface area contributed by atoms with E-state index in [2.05, 4.69) is 10.3 Å². The number of carboxylic acid groups (broad SMARTS) is 1. The number of benzene rings is 2. The van der Waals surface area contributed by atoms with Gasteiger partial charge in [0, 0.05) is 18.2 Å². The van der Waals surface area contributed by atoms with E-state index < -0.39 is 18.2 Å². The normalized spacial score (nSPS) is 17.1. The summed E-state index contributed by atoms with van der Waals surface area (Å²) in [5, 5.41) is 11.2. The van der Waals surface area contributed by atoms with Gasteiger partial charge in [0.1, 0.15) is 0 Å². The molecule has 0 aromatic heterocycles. The Morgan fingerprint density at radius 3 is 2.48 bits per heavy atom. The highest BCUT2D eigenvalue weighted by Gasteiger charge is 2.30. The lowest BCUT2D eigenvalue weighted by Gasteiger charge is -2.20. The van der Waals surface area contributed by atoms with Gasteiger partial charge in [-0.3, -0.25) is 10.1 Å². The molecule has 2 aromatic carbocycles. The number of nitrogens with zero attached hydrogens (tertiary/aromatic N) is 2. The second kappa shape index (κ2) is 5.92. The van der Waals surface area contributed by atoms with Gasteiger partial charge in [0.2, 0.25) is 6.17 Å². The van der Waals surface area contributed by atoms with Crippen LogP contribution in [0.1, 0.15) is 11.1 Å². The van der Waals surface area contributed by atoms with Crippen LogP contribution in [-0.4, -0.2) is 36.0 Å². The Kier molecular flexibility index (Phi) is 3.80. The van der Waals surface area contributed by atoms with Crippen LogP contribution in [-0.2, 0) is 4.79 Å². The monoisotopic (exact) mass is 309 g/mol. The number of aliphatic imine (C=N–C) groups is 1. The first-order valence-corrected chi connectivity index (χ1v) is 7.07. The number of fused-ring (bicyclic) bond motifs is 1. The van der Waals surface area contributed by atoms with E-state index in [0.29, 0.717) is 11.4 Å². The highest BCUT2D eigenvalue weighted by atomic mass is 16.4. The van der Waals surface area contributed by atoms with E-state index in [-0.39, 0.29) is 0 Å². The Hall–Kier alpha value is -3.15. The van der Waals surface area contributed by atoms with Gasteiger partial charge in [0.05, 0.1) is 11.4 Å². The van der Waals surface area contributed by atoms with Crippen molar-refractivity contribution in [3.8, 4) is 0 Å². The Morgan fingerprint density at radius 2 is 1.78 bits per heavy atom. The van der Waals surface area contributed by atoms with Crippen LogP contribution in [0.2, 0.25) is 0 Å². The van der Waals surface area contributed by atoms with Crippen molar-refractivity contribution < 1.29 is 14.7 Å². The fraction of sp³-hybridized carbons (Fsp3) is 0.118. The molecule has 0 fully saturated rings. The Morgan fingerprint density at radius 1 is 1.13 bits per heavy atom. The Balaban J connectivity index is 2.20. The smallest absolute Gasteiger partial charge is 0.406 e. The van der Waals surface area contributed by atoms with Gasteiger partial charge in [0.25, 0.3) is 5.91 Å². The SMILES string of the molecule is CN1C(=O)[C@H](NC(=O)O)N=C(c2ccccc2)c2ccccc21. The maximum absolute atomic E-state index is 12.5. The van der Waals surface area contributed by atoms with E-state index in [1.807, 2.05) is 54.6 Å². The van der Waals surface area contributed by atoms with Crippen LogP contribution in [0.3, 0.4) is 0 Å². The molecule has 0 saturated carbocycles. The number of para-hydroxylation sites is 1. The standard InChI is InChI=1S/C17H15N3O3/c1-20-13-10-6-5-9-12(13)14(11-7-3-2-4-8-11)18-15(16(20)21)19-17(22)23/h2-10,15,19H,1H3,(H,22,23)/t15-/m0/s1. The Labute approximate surface area is 133 Å². The summed E-state index contributed by atoms with van der Waals surface area (Å²) in [6.07, 6.45) is -2.47. The van der Waals surface area contributed by atoms with Gasteiger partial charge in [-0.2, -0.15) is 0 Å². The molecule has 6 nitrogen and oxygen atoms in total. The quantitative estimate of drug-likeness (QED) is 0.891. The van der Waals surface area contributed by atoms with Crippen LogP contribution in [0.4, 0.5) is 10.5 Å². The average Bonchev–Trinajstić information content (AvgIpc) is 2.66. The molecule has 2 amide bonds. The summed E-state index contributed by atoms with van der Waals surface area (Å²) in [6.45, 7) is 0. The van der Waals surface area contributed by atoms with Crippen molar-refractivity contribution in [2.24, 2.45) is 4.99 Å². The third-order valence-electron chi connectivity index (χ3n) is 3.65. The lowest BCUT2D eigenvalue weighted by Crippen LogP contribution is -2.45. The van der Waals surface area contributed by atoms with Gasteiger partial charge >= 0.3 is 6.09 Å². The third-order valence-corrected chi connectivity index (χ3v) is 3.65. The van der Waals surface area contributed by atoms with Crippen molar-refractivity contribution in [2.45, 2.75) is 6.17 Å². The number of hydrogen-bond acceptors (Lipinski definition) is 3. The molecule has 3 rings (SSSR count). The molecule has 0 unspecified atom stereocenters. The van der Waals surface area contributed by atoms with Crippen molar-refractivity contribution in [3.05, 3.63) is 65.7 Å². The van der Waals surface area contributed by atoms with E-state index in [1.165, 1.54) is 4.90 Å². The number of nitrogens with one attached hydrogen (secondary N) is 1. The van der Waals surface area contributed by atoms with Gasteiger partial charge in [-0.25, -0.2) is 9.79 Å². The molecule has 1 heterocycles. The fourth-order valence-corrected chi connectivity index (χ4v) is 2.56. The molecule has 0 saturated heterocycles. The highest BCUT2D eigenvalue weighted by Crippen LogP contribution is 2.26. The number of hydrogen-bond donors (Lipinski definition) is 2. The molecule has 1 atom stereocenters. The first-order valence-electron chi connectivity index (χ1n) is 7.07. The first-order chi connectivity index (χ1) is 11.1. The van der Waals surface area contributed by atoms with Crippen molar-refractivity contribution in [1.82, 2.24) is 5.32 Å². The van der Waals surface area contributed by atoms with Crippen LogP contribution in [0.25, 0.3) is 0 Å². The van der Waals surface area contributed by atoms with Crippen LogP contribution in [0, 0.1) is 0 Å². The minimum Gasteiger partial charge on any atom is -0.465 e. The zero-order valence-corrected chi connectivity index (χ0v) is 12.4. The number of carbonyl (C=O) groups excluding carboxylic acids is 1. The summed E-state index contributed by atoms with van der Waals surface area (Å²) in [7, 11) is 1.61. The molecule has 0 aliphatic carbocycles. The van der Waals surface area contributed by atoms with Crippen molar-refractivity contribution in [3.63, 3.8) is 0 Å². The first kappa shape index (κ1) is 14.8. The summed E-state index contributed by atoms with van der Waals surface area (Å²) in [6, 6.07) is 16.8. The zero-order valence-electron chi connectivity index (χ0n) is 12.4. The summed E-state index contributed by atoms with van der Waals surface area (Å²) >= 11 is 0. The summed E-state index contributed by atoms with van der Waals surface area (Å²) in [5.74, 6) is -0.425. The fourth-order valence-electron chi connectivity index (χ4n) is 2.56. The van der Waals surface area contributed by atoms with Crippen molar-refractivity contribution >= 4 is 23.4 Å². The number of anilines is 1. The molecular formula is C17H15N3O3. The predicted molar refractivity (Wildman–Crippen MR) is 86.9 cm³/mol. The topological polar surface area (TPSA) is 82.0 Å². The molecule has 23 heavy (non-hydrogen) atoms. The van der Waals surface area contributed by atoms with E-state index in [0.717, 1.165) is 11.1 Å². The largest absolute Gasteiger partial charge is 0.465 e. The van der Waals surface area contributed by atoms with Crippen LogP contribution >= 0.6 is 0 Å². The van der Waals surface area contributed by atoms with E-state index >= 15 is 0 Å².